The van der Waals surface area contributed by atoms with Gasteiger partial charge in [-0.2, -0.15) is 0 Å². The van der Waals surface area contributed by atoms with Crippen LogP contribution in [0, 0.1) is 0 Å². The van der Waals surface area contributed by atoms with Crippen molar-refractivity contribution in [1.82, 2.24) is 5.32 Å². The van der Waals surface area contributed by atoms with Crippen LogP contribution in [0.1, 0.15) is 24.8 Å². The first-order valence-corrected chi connectivity index (χ1v) is 7.07. The molecule has 23 heavy (non-hydrogen) atoms. The van der Waals surface area contributed by atoms with E-state index < -0.39 is 11.9 Å². The highest BCUT2D eigenvalue weighted by Gasteiger charge is 2.23. The normalized spacial score (nSPS) is 19.2. The van der Waals surface area contributed by atoms with Crippen LogP contribution in [0.2, 0.25) is 0 Å². The number of carboxylic acids is 2. The average molecular weight is 324 g/mol. The van der Waals surface area contributed by atoms with Gasteiger partial charge in [0.1, 0.15) is 6.61 Å². The highest BCUT2D eigenvalue weighted by Crippen LogP contribution is 2.17. The quantitative estimate of drug-likeness (QED) is 0.607. The zero-order chi connectivity index (χ0) is 17.2. The summed E-state index contributed by atoms with van der Waals surface area (Å²) in [6, 6.07) is 10.0. The predicted octanol–water partition coefficient (Wildman–Crippen LogP) is 0.948. The summed E-state index contributed by atoms with van der Waals surface area (Å²) in [4.78, 5) is 29.7. The standard InChI is InChI=1S/C13H18N2O2.C2H2O4/c14-11-6-7-12(8-11)15-13(16)17-9-10-4-2-1-3-5-10;3-1(4)2(5)6/h1-5,11-12H,6-9,14H2,(H,15,16);(H,3,4)(H,5,6). The molecule has 0 heterocycles. The van der Waals surface area contributed by atoms with Crippen LogP contribution in [0.4, 0.5) is 4.79 Å². The van der Waals surface area contributed by atoms with E-state index in [2.05, 4.69) is 5.32 Å². The van der Waals surface area contributed by atoms with Gasteiger partial charge >= 0.3 is 18.0 Å². The highest BCUT2D eigenvalue weighted by molar-refractivity contribution is 6.27. The van der Waals surface area contributed by atoms with E-state index in [1.807, 2.05) is 30.3 Å². The van der Waals surface area contributed by atoms with Gasteiger partial charge in [0.15, 0.2) is 0 Å². The number of rotatable bonds is 3. The second kappa shape index (κ2) is 9.42. The zero-order valence-corrected chi connectivity index (χ0v) is 12.5. The molecule has 2 unspecified atom stereocenters. The summed E-state index contributed by atoms with van der Waals surface area (Å²) >= 11 is 0. The van der Waals surface area contributed by atoms with E-state index >= 15 is 0 Å². The fourth-order valence-electron chi connectivity index (χ4n) is 2.08. The number of ether oxygens (including phenoxy) is 1. The lowest BCUT2D eigenvalue weighted by Gasteiger charge is -2.12. The number of carbonyl (C=O) groups excluding carboxylic acids is 1. The molecule has 0 saturated heterocycles. The molecule has 0 aliphatic heterocycles. The second-order valence-corrected chi connectivity index (χ2v) is 5.09. The number of nitrogens with two attached hydrogens (primary N) is 1. The highest BCUT2D eigenvalue weighted by atomic mass is 16.5. The third-order valence-corrected chi connectivity index (χ3v) is 3.19. The van der Waals surface area contributed by atoms with E-state index in [0.29, 0.717) is 6.61 Å². The van der Waals surface area contributed by atoms with E-state index in [0.717, 1.165) is 24.8 Å². The number of hydrogen-bond acceptors (Lipinski definition) is 5. The number of amides is 1. The molecule has 1 amide bonds. The van der Waals surface area contributed by atoms with Crippen molar-refractivity contribution in [2.45, 2.75) is 38.0 Å². The van der Waals surface area contributed by atoms with Crippen molar-refractivity contribution in [2.24, 2.45) is 5.73 Å². The molecule has 0 spiro atoms. The Hall–Kier alpha value is -2.61. The summed E-state index contributed by atoms with van der Waals surface area (Å²) in [5.41, 5.74) is 6.77. The van der Waals surface area contributed by atoms with Crippen molar-refractivity contribution < 1.29 is 29.3 Å². The number of benzene rings is 1. The molecule has 2 atom stereocenters. The van der Waals surface area contributed by atoms with Gasteiger partial charge in [-0.15, -0.1) is 0 Å². The molecule has 8 nitrogen and oxygen atoms in total. The Kier molecular flexibility index (Phi) is 7.55. The lowest BCUT2D eigenvalue weighted by atomic mass is 10.2. The van der Waals surface area contributed by atoms with E-state index in [1.165, 1.54) is 0 Å². The monoisotopic (exact) mass is 324 g/mol. The Labute approximate surface area is 133 Å². The van der Waals surface area contributed by atoms with Gasteiger partial charge in [-0.1, -0.05) is 30.3 Å². The van der Waals surface area contributed by atoms with Gasteiger partial charge in [0.05, 0.1) is 0 Å². The first-order valence-electron chi connectivity index (χ1n) is 7.07. The largest absolute Gasteiger partial charge is 0.473 e. The summed E-state index contributed by atoms with van der Waals surface area (Å²) in [5.74, 6) is -3.65. The van der Waals surface area contributed by atoms with Crippen molar-refractivity contribution in [3.63, 3.8) is 0 Å². The molecule has 0 bridgehead atoms. The van der Waals surface area contributed by atoms with Crippen LogP contribution in [0.5, 0.6) is 0 Å². The predicted molar refractivity (Wildman–Crippen MR) is 80.6 cm³/mol. The van der Waals surface area contributed by atoms with Gasteiger partial charge in [0.25, 0.3) is 0 Å². The minimum atomic E-state index is -1.82. The fraction of sp³-hybridized carbons (Fsp3) is 0.400. The second-order valence-electron chi connectivity index (χ2n) is 5.09. The first kappa shape index (κ1) is 18.4. The van der Waals surface area contributed by atoms with Crippen LogP contribution in [0.3, 0.4) is 0 Å². The number of hydrogen-bond donors (Lipinski definition) is 4. The molecule has 0 aromatic heterocycles. The van der Waals surface area contributed by atoms with Crippen LogP contribution in [-0.4, -0.2) is 40.3 Å². The number of nitrogens with one attached hydrogen (secondary N) is 1. The number of aliphatic carboxylic acids is 2. The molecule has 1 aliphatic carbocycles. The van der Waals surface area contributed by atoms with Crippen LogP contribution < -0.4 is 11.1 Å². The Morgan fingerprint density at radius 3 is 2.22 bits per heavy atom. The maximum Gasteiger partial charge on any atom is 0.414 e. The molecule has 2 rings (SSSR count). The van der Waals surface area contributed by atoms with Gasteiger partial charge in [0, 0.05) is 12.1 Å². The smallest absolute Gasteiger partial charge is 0.414 e. The molecule has 1 aromatic rings. The third-order valence-electron chi connectivity index (χ3n) is 3.19. The maximum absolute atomic E-state index is 11.5. The van der Waals surface area contributed by atoms with Crippen molar-refractivity contribution in [2.75, 3.05) is 0 Å². The summed E-state index contributed by atoms with van der Waals surface area (Å²) in [6.45, 7) is 0.311. The Morgan fingerprint density at radius 2 is 1.74 bits per heavy atom. The van der Waals surface area contributed by atoms with E-state index in [4.69, 9.17) is 30.3 Å². The van der Waals surface area contributed by atoms with Crippen LogP contribution >= 0.6 is 0 Å². The van der Waals surface area contributed by atoms with Gasteiger partial charge in [0.2, 0.25) is 0 Å². The molecule has 8 heteroatoms. The fourth-order valence-corrected chi connectivity index (χ4v) is 2.08. The van der Waals surface area contributed by atoms with Gasteiger partial charge < -0.3 is 26.0 Å². The van der Waals surface area contributed by atoms with Gasteiger partial charge in [-0.05, 0) is 24.8 Å². The first-order chi connectivity index (χ1) is 10.9. The minimum absolute atomic E-state index is 0.174. The third kappa shape index (κ3) is 7.82. The summed E-state index contributed by atoms with van der Waals surface area (Å²) < 4.78 is 5.13. The van der Waals surface area contributed by atoms with Gasteiger partial charge in [-0.3, -0.25) is 0 Å². The number of alkyl carbamates (subject to hydrolysis) is 1. The van der Waals surface area contributed by atoms with E-state index in [1.54, 1.807) is 0 Å². The number of carboxylic acid groups (broad SMARTS) is 2. The zero-order valence-electron chi connectivity index (χ0n) is 12.5. The molecule has 5 N–H and O–H groups in total. The summed E-state index contributed by atoms with van der Waals surface area (Å²) in [5, 5.41) is 17.6. The maximum atomic E-state index is 11.5. The van der Waals surface area contributed by atoms with Crippen molar-refractivity contribution in [3.8, 4) is 0 Å². The van der Waals surface area contributed by atoms with Crippen molar-refractivity contribution in [1.29, 1.82) is 0 Å². The molecule has 1 saturated carbocycles. The molecular weight excluding hydrogens is 304 g/mol. The Morgan fingerprint density at radius 1 is 1.13 bits per heavy atom. The van der Waals surface area contributed by atoms with Gasteiger partial charge in [-0.25, -0.2) is 14.4 Å². The van der Waals surface area contributed by atoms with Crippen molar-refractivity contribution in [3.05, 3.63) is 35.9 Å². The van der Waals surface area contributed by atoms with E-state index in [9.17, 15) is 4.79 Å². The van der Waals surface area contributed by atoms with Crippen LogP contribution in [-0.2, 0) is 20.9 Å². The summed E-state index contributed by atoms with van der Waals surface area (Å²) in [7, 11) is 0. The Balaban J connectivity index is 0.000000379. The summed E-state index contributed by atoms with van der Waals surface area (Å²) in [6.07, 6.45) is 2.42. The topological polar surface area (TPSA) is 139 Å². The molecule has 126 valence electrons. The van der Waals surface area contributed by atoms with E-state index in [-0.39, 0.29) is 18.2 Å². The lowest BCUT2D eigenvalue weighted by Crippen LogP contribution is -2.34. The van der Waals surface area contributed by atoms with Crippen molar-refractivity contribution >= 4 is 18.0 Å². The minimum Gasteiger partial charge on any atom is -0.473 e. The molecule has 1 aliphatic rings. The molecule has 1 fully saturated rings. The average Bonchev–Trinajstić information content (AvgIpc) is 2.92. The van der Waals surface area contributed by atoms with Crippen LogP contribution in [0.25, 0.3) is 0 Å². The SMILES string of the molecule is NC1CCC(NC(=O)OCc2ccccc2)C1.O=C(O)C(=O)O. The lowest BCUT2D eigenvalue weighted by molar-refractivity contribution is -0.159. The molecule has 0 radical (unpaired) electrons. The number of carbonyl (C=O) groups is 3. The molecule has 1 aromatic carbocycles. The Bertz CT molecular complexity index is 522. The molecular formula is C15H20N2O6. The van der Waals surface area contributed by atoms with Crippen LogP contribution in [0.15, 0.2) is 30.3 Å².